The van der Waals surface area contributed by atoms with Crippen LogP contribution < -0.4 is 14.4 Å². The van der Waals surface area contributed by atoms with Gasteiger partial charge in [-0.1, -0.05) is 157 Å². The number of para-hydroxylation sites is 1. The van der Waals surface area contributed by atoms with Crippen molar-refractivity contribution in [3.63, 3.8) is 0 Å². The predicted molar refractivity (Wildman–Crippen MR) is 279 cm³/mol. The monoisotopic (exact) mass is 881 g/mol. The Morgan fingerprint density at radius 2 is 1.03 bits per heavy atom. The van der Waals surface area contributed by atoms with Crippen LogP contribution in [-0.4, -0.2) is 0 Å². The third-order valence-corrected chi connectivity index (χ3v) is 15.8. The Kier molecular flexibility index (Phi) is 8.61. The smallest absolute Gasteiger partial charge is 0.132 e. The second-order valence-corrected chi connectivity index (χ2v) is 21.7. The van der Waals surface area contributed by atoms with Crippen molar-refractivity contribution in [1.82, 2.24) is 0 Å². The summed E-state index contributed by atoms with van der Waals surface area (Å²) in [6.07, 6.45) is 7.89. The molecule has 3 aliphatic carbocycles. The quantitative estimate of drug-likeness (QED) is 0.176. The molecule has 3 heteroatoms. The van der Waals surface area contributed by atoms with Crippen molar-refractivity contribution in [1.29, 1.82) is 0 Å². The van der Waals surface area contributed by atoms with Gasteiger partial charge in [0.1, 0.15) is 23.0 Å². The summed E-state index contributed by atoms with van der Waals surface area (Å²) in [7, 11) is 0. The molecule has 0 saturated carbocycles. The number of fused-ring (bicyclic) bond motifs is 18. The fourth-order valence-corrected chi connectivity index (χ4v) is 12.6. The van der Waals surface area contributed by atoms with Crippen molar-refractivity contribution in [3.8, 4) is 34.1 Å². The highest BCUT2D eigenvalue weighted by molar-refractivity contribution is 5.92. The van der Waals surface area contributed by atoms with Crippen LogP contribution in [0.25, 0.3) is 16.7 Å². The van der Waals surface area contributed by atoms with Crippen LogP contribution in [0.3, 0.4) is 0 Å². The average Bonchev–Trinajstić information content (AvgIpc) is 3.79. The molecule has 2 spiro atoms. The molecule has 0 radical (unpaired) electrons. The Balaban J connectivity index is 1.08. The SMILES string of the molecule is Cc1ccc2c(c1)Oc1ccc(N(c3ccccc3)c3ccc4c(c3)C3(c5cc(C(C)(C)C)ccc5Oc5ccc(C(C)(C)C)cc53)c3ccccc3-4)cc1C21c2ccccc2C2=CC=CCC21. The first-order valence-corrected chi connectivity index (χ1v) is 24.3. The summed E-state index contributed by atoms with van der Waals surface area (Å²) in [5.74, 6) is 3.87. The largest absolute Gasteiger partial charge is 0.457 e. The third kappa shape index (κ3) is 5.59. The highest BCUT2D eigenvalue weighted by Crippen LogP contribution is 2.66. The molecule has 68 heavy (non-hydrogen) atoms. The molecule has 8 aromatic rings. The molecule has 2 unspecified atom stereocenters. The van der Waals surface area contributed by atoms with E-state index >= 15 is 0 Å². The maximum atomic E-state index is 7.02. The minimum Gasteiger partial charge on any atom is -0.457 e. The van der Waals surface area contributed by atoms with Crippen LogP contribution in [0.5, 0.6) is 23.0 Å². The van der Waals surface area contributed by atoms with E-state index in [1.807, 2.05) is 0 Å². The Hall–Kier alpha value is -7.36. The lowest BCUT2D eigenvalue weighted by atomic mass is 9.61. The van der Waals surface area contributed by atoms with E-state index in [0.29, 0.717) is 0 Å². The molecule has 2 heterocycles. The fraction of sp³-hybridized carbons (Fsp3) is 0.200. The summed E-state index contributed by atoms with van der Waals surface area (Å²) < 4.78 is 14.0. The highest BCUT2D eigenvalue weighted by atomic mass is 16.5. The lowest BCUT2D eigenvalue weighted by Crippen LogP contribution is -2.37. The molecule has 0 N–H and O–H groups in total. The van der Waals surface area contributed by atoms with Gasteiger partial charge in [-0.25, -0.2) is 0 Å². The fourth-order valence-electron chi connectivity index (χ4n) is 12.6. The molecule has 0 amide bonds. The number of hydrogen-bond acceptors (Lipinski definition) is 3. The zero-order valence-electron chi connectivity index (χ0n) is 39.9. The molecule has 13 rings (SSSR count). The molecule has 0 aromatic heterocycles. The molecule has 0 fully saturated rings. The average molecular weight is 882 g/mol. The van der Waals surface area contributed by atoms with Crippen LogP contribution in [-0.2, 0) is 21.7 Å². The van der Waals surface area contributed by atoms with Gasteiger partial charge in [0.2, 0.25) is 0 Å². The molecule has 0 bridgehead atoms. The first-order valence-electron chi connectivity index (χ1n) is 24.3. The van der Waals surface area contributed by atoms with Crippen LogP contribution in [0.4, 0.5) is 17.1 Å². The highest BCUT2D eigenvalue weighted by Gasteiger charge is 2.56. The van der Waals surface area contributed by atoms with E-state index in [1.165, 1.54) is 77.9 Å². The topological polar surface area (TPSA) is 21.7 Å². The van der Waals surface area contributed by atoms with Crippen molar-refractivity contribution in [2.75, 3.05) is 4.90 Å². The molecule has 2 aliphatic heterocycles. The number of benzene rings is 8. The first kappa shape index (κ1) is 40.9. The predicted octanol–water partition coefficient (Wildman–Crippen LogP) is 16.9. The van der Waals surface area contributed by atoms with Gasteiger partial charge >= 0.3 is 0 Å². The Morgan fingerprint density at radius 3 is 1.74 bits per heavy atom. The van der Waals surface area contributed by atoms with Gasteiger partial charge in [0.25, 0.3) is 0 Å². The van der Waals surface area contributed by atoms with Gasteiger partial charge in [-0.15, -0.1) is 0 Å². The zero-order chi connectivity index (χ0) is 46.3. The van der Waals surface area contributed by atoms with Gasteiger partial charge in [0.05, 0.1) is 10.8 Å². The Morgan fingerprint density at radius 1 is 0.456 bits per heavy atom. The second-order valence-electron chi connectivity index (χ2n) is 21.7. The van der Waals surface area contributed by atoms with Gasteiger partial charge in [-0.2, -0.15) is 0 Å². The Labute approximate surface area is 401 Å². The number of aryl methyl sites for hydroxylation is 1. The van der Waals surface area contributed by atoms with E-state index in [9.17, 15) is 0 Å². The number of rotatable bonds is 3. The van der Waals surface area contributed by atoms with Crippen molar-refractivity contribution in [2.45, 2.75) is 76.5 Å². The first-order chi connectivity index (χ1) is 32.9. The van der Waals surface area contributed by atoms with Crippen LogP contribution in [0.15, 0.2) is 188 Å². The van der Waals surface area contributed by atoms with Crippen molar-refractivity contribution < 1.29 is 9.47 Å². The minimum absolute atomic E-state index is 0.0756. The lowest BCUT2D eigenvalue weighted by molar-refractivity contribution is 0.383. The van der Waals surface area contributed by atoms with Gasteiger partial charge in [0, 0.05) is 45.2 Å². The molecule has 3 nitrogen and oxygen atoms in total. The third-order valence-electron chi connectivity index (χ3n) is 15.8. The van der Waals surface area contributed by atoms with E-state index < -0.39 is 10.8 Å². The van der Waals surface area contributed by atoms with E-state index in [2.05, 4.69) is 241 Å². The second kappa shape index (κ2) is 14.3. The van der Waals surface area contributed by atoms with Crippen molar-refractivity contribution >= 4 is 22.6 Å². The van der Waals surface area contributed by atoms with Crippen LogP contribution in [0.2, 0.25) is 0 Å². The molecular weight excluding hydrogens is 827 g/mol. The minimum atomic E-state index is -0.657. The maximum Gasteiger partial charge on any atom is 0.132 e. The standard InChI is InChI=1S/C65H55NO2/c1-40-25-31-53-61(35-40)68-60-34-29-45(39-57(60)64(53)50-22-14-11-19-46(50)47-20-12-15-23-51(47)64)66(43-17-9-8-10-18-43)44-28-30-49-48-21-13-16-24-52(48)65(54(49)38-44)55-36-41(62(2,3)4)26-32-58(55)67-59-33-27-42(37-56(59)65)63(5,6)7/h8-22,24-39,51H,23H2,1-7H3. The number of ether oxygens (including phenoxy) is 2. The van der Waals surface area contributed by atoms with E-state index in [4.69, 9.17) is 9.47 Å². The maximum absolute atomic E-state index is 7.02. The molecular formula is C65H55NO2. The summed E-state index contributed by atoms with van der Waals surface area (Å²) in [4.78, 5) is 2.46. The van der Waals surface area contributed by atoms with E-state index in [1.54, 1.807) is 0 Å². The summed E-state index contributed by atoms with van der Waals surface area (Å²) in [6.45, 7) is 16.0. The van der Waals surface area contributed by atoms with Gasteiger partial charge < -0.3 is 14.4 Å². The van der Waals surface area contributed by atoms with Crippen LogP contribution in [0, 0.1) is 12.8 Å². The lowest BCUT2D eigenvalue weighted by Gasteiger charge is -2.43. The summed E-state index contributed by atoms with van der Waals surface area (Å²) >= 11 is 0. The molecule has 2 atom stereocenters. The molecule has 0 saturated heterocycles. The van der Waals surface area contributed by atoms with Gasteiger partial charge in [-0.05, 0) is 153 Å². The molecule has 332 valence electrons. The van der Waals surface area contributed by atoms with Crippen molar-refractivity contribution in [3.05, 3.63) is 249 Å². The molecule has 5 aliphatic rings. The summed E-state index contributed by atoms with van der Waals surface area (Å²) in [5, 5.41) is 0. The van der Waals surface area contributed by atoms with Gasteiger partial charge in [0.15, 0.2) is 0 Å². The summed E-state index contributed by atoms with van der Waals surface area (Å²) in [6, 6.07) is 63.9. The van der Waals surface area contributed by atoms with Crippen LogP contribution >= 0.6 is 0 Å². The van der Waals surface area contributed by atoms with E-state index in [-0.39, 0.29) is 16.7 Å². The zero-order valence-corrected chi connectivity index (χ0v) is 39.9. The van der Waals surface area contributed by atoms with Crippen LogP contribution in [0.1, 0.15) is 109 Å². The number of nitrogens with zero attached hydrogens (tertiary/aromatic N) is 1. The number of anilines is 3. The number of hydrogen-bond donors (Lipinski definition) is 0. The normalized spacial score (nSPS) is 18.5. The van der Waals surface area contributed by atoms with E-state index in [0.717, 1.165) is 46.5 Å². The summed E-state index contributed by atoms with van der Waals surface area (Å²) in [5.41, 5.74) is 19.7. The molecule has 8 aromatic carbocycles. The van der Waals surface area contributed by atoms with Gasteiger partial charge in [-0.3, -0.25) is 0 Å². The number of allylic oxidation sites excluding steroid dienone is 4. The Bertz CT molecular complexity index is 3420. The van der Waals surface area contributed by atoms with Crippen molar-refractivity contribution in [2.24, 2.45) is 5.92 Å².